The van der Waals surface area contributed by atoms with E-state index in [0.717, 1.165) is 6.67 Å². The molecule has 2 nitrogen and oxygen atoms in total. The molecule has 2 heterocycles. The Labute approximate surface area is 114 Å². The molecule has 0 aliphatic carbocycles. The van der Waals surface area contributed by atoms with Gasteiger partial charge in [0.15, 0.2) is 24.8 Å². The second-order valence-electron chi connectivity index (χ2n) is 3.92. The van der Waals surface area contributed by atoms with Crippen LogP contribution in [-0.4, -0.2) is 0 Å². The minimum absolute atomic E-state index is 0. The molecular formula is C13H16IN2+. The Morgan fingerprint density at radius 3 is 1.38 bits per heavy atom. The maximum Gasteiger partial charge on any atom is 0.343 e. The molecule has 2 rings (SSSR count). The third kappa shape index (κ3) is 3.56. The first-order valence-corrected chi connectivity index (χ1v) is 5.15. The van der Waals surface area contributed by atoms with Crippen molar-refractivity contribution in [2.75, 3.05) is 0 Å². The summed E-state index contributed by atoms with van der Waals surface area (Å²) in [6.07, 6.45) is 8.40. The van der Waals surface area contributed by atoms with Crippen molar-refractivity contribution in [3.05, 3.63) is 60.2 Å². The molecule has 0 saturated heterocycles. The predicted molar refractivity (Wildman–Crippen MR) is 58.1 cm³/mol. The van der Waals surface area contributed by atoms with E-state index >= 15 is 0 Å². The Morgan fingerprint density at radius 1 is 0.750 bits per heavy atom. The summed E-state index contributed by atoms with van der Waals surface area (Å²) in [6, 6.07) is 8.48. The number of aryl methyl sites for hydroxylation is 2. The lowest BCUT2D eigenvalue weighted by atomic mass is 10.3. The average Bonchev–Trinajstić information content (AvgIpc) is 2.25. The number of pyridine rings is 2. The van der Waals surface area contributed by atoms with Crippen LogP contribution in [0.25, 0.3) is 0 Å². The van der Waals surface area contributed by atoms with Gasteiger partial charge in [-0.1, -0.05) is 0 Å². The van der Waals surface area contributed by atoms with Crippen LogP contribution in [0.1, 0.15) is 11.1 Å². The van der Waals surface area contributed by atoms with Crippen molar-refractivity contribution in [2.24, 2.45) is 0 Å². The molecule has 0 radical (unpaired) electrons. The van der Waals surface area contributed by atoms with Gasteiger partial charge in [-0.2, -0.15) is 0 Å². The van der Waals surface area contributed by atoms with E-state index in [1.165, 1.54) is 11.1 Å². The molecule has 0 amide bonds. The molecule has 0 unspecified atom stereocenters. The van der Waals surface area contributed by atoms with Crippen LogP contribution in [0.3, 0.4) is 0 Å². The first-order valence-electron chi connectivity index (χ1n) is 5.15. The fraction of sp³-hybridized carbons (Fsp3) is 0.231. The SMILES string of the molecule is Cc1cc[n+](C[n+]2ccc(C)cc2)cc1.[I-]. The van der Waals surface area contributed by atoms with Gasteiger partial charge in [0.25, 0.3) is 0 Å². The van der Waals surface area contributed by atoms with Crippen LogP contribution in [0.15, 0.2) is 49.1 Å². The number of aromatic nitrogens is 2. The highest BCUT2D eigenvalue weighted by molar-refractivity contribution is 5.03. The van der Waals surface area contributed by atoms with Gasteiger partial charge >= 0.3 is 6.67 Å². The van der Waals surface area contributed by atoms with Crippen molar-refractivity contribution in [3.8, 4) is 0 Å². The first-order chi connectivity index (χ1) is 7.24. The number of hydrogen-bond donors (Lipinski definition) is 0. The summed E-state index contributed by atoms with van der Waals surface area (Å²) in [5.41, 5.74) is 2.58. The summed E-state index contributed by atoms with van der Waals surface area (Å²) < 4.78 is 4.31. The van der Waals surface area contributed by atoms with Crippen molar-refractivity contribution >= 4 is 0 Å². The molecule has 84 valence electrons. The number of hydrogen-bond acceptors (Lipinski definition) is 0. The minimum Gasteiger partial charge on any atom is -1.00 e. The standard InChI is InChI=1S/C13H16N2.HI/c1-12-3-7-14(8-4-12)11-15-9-5-13(2)6-10-15;/h3-10H,11H2,1-2H3;1H/q+2;/p-1. The van der Waals surface area contributed by atoms with E-state index in [4.69, 9.17) is 0 Å². The molecule has 0 aliphatic rings. The van der Waals surface area contributed by atoms with Crippen LogP contribution < -0.4 is 33.1 Å². The van der Waals surface area contributed by atoms with Crippen LogP contribution in [0.4, 0.5) is 0 Å². The second kappa shape index (κ2) is 5.94. The lowest BCUT2D eigenvalue weighted by Crippen LogP contribution is -3.00. The van der Waals surface area contributed by atoms with Gasteiger partial charge in [-0.05, 0) is 25.0 Å². The van der Waals surface area contributed by atoms with E-state index in [1.54, 1.807) is 0 Å². The molecule has 0 atom stereocenters. The number of nitrogens with zero attached hydrogens (tertiary/aromatic N) is 2. The molecule has 0 spiro atoms. The Kier molecular flexibility index (Phi) is 4.86. The molecule has 2 aromatic heterocycles. The van der Waals surface area contributed by atoms with Gasteiger partial charge in [0, 0.05) is 24.3 Å². The Bertz CT molecular complexity index is 391. The Balaban J connectivity index is 0.00000128. The zero-order valence-corrected chi connectivity index (χ0v) is 11.8. The van der Waals surface area contributed by atoms with Gasteiger partial charge in [0.1, 0.15) is 0 Å². The maximum atomic E-state index is 2.16. The summed E-state index contributed by atoms with van der Waals surface area (Å²) in [5.74, 6) is 0. The van der Waals surface area contributed by atoms with Gasteiger partial charge in [-0.3, -0.25) is 0 Å². The van der Waals surface area contributed by atoms with Crippen molar-refractivity contribution in [1.29, 1.82) is 0 Å². The normalized spacial score (nSPS) is 9.62. The highest BCUT2D eigenvalue weighted by atomic mass is 127. The molecule has 0 aliphatic heterocycles. The Morgan fingerprint density at radius 2 is 1.06 bits per heavy atom. The number of halogens is 1. The van der Waals surface area contributed by atoms with Gasteiger partial charge in [0.05, 0.1) is 0 Å². The van der Waals surface area contributed by atoms with Gasteiger partial charge in [-0.25, -0.2) is 0 Å². The van der Waals surface area contributed by atoms with Gasteiger partial charge in [0.2, 0.25) is 0 Å². The van der Waals surface area contributed by atoms with Gasteiger partial charge in [-0.15, -0.1) is 9.13 Å². The lowest BCUT2D eigenvalue weighted by molar-refractivity contribution is -0.913. The van der Waals surface area contributed by atoms with Crippen LogP contribution >= 0.6 is 0 Å². The van der Waals surface area contributed by atoms with E-state index in [0.29, 0.717) is 0 Å². The van der Waals surface area contributed by atoms with E-state index < -0.39 is 0 Å². The van der Waals surface area contributed by atoms with Crippen LogP contribution in [0, 0.1) is 13.8 Å². The minimum atomic E-state index is 0. The third-order valence-electron chi connectivity index (χ3n) is 2.44. The third-order valence-corrected chi connectivity index (χ3v) is 2.44. The molecule has 0 bridgehead atoms. The van der Waals surface area contributed by atoms with Crippen LogP contribution in [0.2, 0.25) is 0 Å². The maximum absolute atomic E-state index is 2.16. The summed E-state index contributed by atoms with van der Waals surface area (Å²) in [6.45, 7) is 5.06. The van der Waals surface area contributed by atoms with Crippen molar-refractivity contribution < 1.29 is 33.1 Å². The smallest absolute Gasteiger partial charge is 0.343 e. The van der Waals surface area contributed by atoms with E-state index in [2.05, 4.69) is 72.0 Å². The van der Waals surface area contributed by atoms with Gasteiger partial charge < -0.3 is 24.0 Å². The summed E-state index contributed by atoms with van der Waals surface area (Å²) in [4.78, 5) is 0. The zero-order valence-electron chi connectivity index (χ0n) is 9.60. The summed E-state index contributed by atoms with van der Waals surface area (Å²) in [7, 11) is 0. The summed E-state index contributed by atoms with van der Waals surface area (Å²) in [5, 5.41) is 0. The molecule has 3 heteroatoms. The van der Waals surface area contributed by atoms with Crippen molar-refractivity contribution in [3.63, 3.8) is 0 Å². The molecule has 0 N–H and O–H groups in total. The molecule has 0 saturated carbocycles. The monoisotopic (exact) mass is 327 g/mol. The predicted octanol–water partition coefficient (Wildman–Crippen LogP) is -1.61. The fourth-order valence-corrected chi connectivity index (χ4v) is 1.44. The first kappa shape index (κ1) is 13.1. The quantitative estimate of drug-likeness (QED) is 0.463. The van der Waals surface area contributed by atoms with Crippen LogP contribution in [-0.2, 0) is 6.67 Å². The molecule has 0 fully saturated rings. The highest BCUT2D eigenvalue weighted by Gasteiger charge is 2.05. The number of rotatable bonds is 2. The fourth-order valence-electron chi connectivity index (χ4n) is 1.44. The Hall–Kier alpha value is -0.970. The lowest BCUT2D eigenvalue weighted by Gasteiger charge is -1.94. The topological polar surface area (TPSA) is 7.76 Å². The second-order valence-corrected chi connectivity index (χ2v) is 3.92. The summed E-state index contributed by atoms with van der Waals surface area (Å²) >= 11 is 0. The molecule has 16 heavy (non-hydrogen) atoms. The average molecular weight is 327 g/mol. The molecular weight excluding hydrogens is 311 g/mol. The largest absolute Gasteiger partial charge is 1.00 e. The van der Waals surface area contributed by atoms with Crippen molar-refractivity contribution in [1.82, 2.24) is 0 Å². The molecule has 0 aromatic carbocycles. The highest BCUT2D eigenvalue weighted by Crippen LogP contribution is 1.90. The zero-order chi connectivity index (χ0) is 10.7. The van der Waals surface area contributed by atoms with Crippen molar-refractivity contribution in [2.45, 2.75) is 20.5 Å². The van der Waals surface area contributed by atoms with E-state index in [9.17, 15) is 0 Å². The molecule has 2 aromatic rings. The van der Waals surface area contributed by atoms with E-state index in [-0.39, 0.29) is 24.0 Å². The van der Waals surface area contributed by atoms with E-state index in [1.807, 2.05) is 0 Å². The van der Waals surface area contributed by atoms with Crippen LogP contribution in [0.5, 0.6) is 0 Å².